The van der Waals surface area contributed by atoms with Gasteiger partial charge in [0.25, 0.3) is 5.91 Å². The minimum atomic E-state index is -0.916. The van der Waals surface area contributed by atoms with Gasteiger partial charge in [0.05, 0.1) is 45.9 Å². The number of methoxy groups -OCH3 is 1. The summed E-state index contributed by atoms with van der Waals surface area (Å²) in [6.45, 7) is 3.52. The predicted octanol–water partition coefficient (Wildman–Crippen LogP) is 4.42. The van der Waals surface area contributed by atoms with Crippen molar-refractivity contribution in [2.24, 2.45) is 0 Å². The van der Waals surface area contributed by atoms with Crippen molar-refractivity contribution in [2.75, 3.05) is 12.0 Å². The number of aryl methyl sites for hydroxylation is 2. The molecule has 8 heteroatoms. The van der Waals surface area contributed by atoms with E-state index in [-0.39, 0.29) is 5.57 Å². The highest BCUT2D eigenvalue weighted by molar-refractivity contribution is 7.14. The molecule has 1 N–H and O–H groups in total. The van der Waals surface area contributed by atoms with Gasteiger partial charge in [-0.1, -0.05) is 18.2 Å². The van der Waals surface area contributed by atoms with Gasteiger partial charge >= 0.3 is 0 Å². The lowest BCUT2D eigenvalue weighted by molar-refractivity contribution is -0.117. The summed E-state index contributed by atoms with van der Waals surface area (Å²) in [7, 11) is 1.50. The summed E-state index contributed by atoms with van der Waals surface area (Å²) >= 11 is 1.22. The molecular formula is C24H19N3O4S. The van der Waals surface area contributed by atoms with Gasteiger partial charge in [0.2, 0.25) is 5.78 Å². The topological polar surface area (TPSA) is 104 Å². The molecule has 1 amide bonds. The molecule has 2 aromatic carbocycles. The molecular weight excluding hydrogens is 426 g/mol. The number of aliphatic hydroxyl groups excluding tert-OH is 1. The van der Waals surface area contributed by atoms with Crippen LogP contribution in [-0.2, 0) is 4.79 Å². The maximum atomic E-state index is 13.6. The molecule has 0 aliphatic carbocycles. The zero-order chi connectivity index (χ0) is 23.0. The highest BCUT2D eigenvalue weighted by atomic mass is 32.1. The molecule has 7 nitrogen and oxygen atoms in total. The number of rotatable bonds is 5. The van der Waals surface area contributed by atoms with Gasteiger partial charge in [-0.25, -0.2) is 4.98 Å². The number of hydrogen-bond donors (Lipinski definition) is 1. The van der Waals surface area contributed by atoms with Crippen LogP contribution < -0.4 is 9.64 Å². The number of aromatic nitrogens is 1. The van der Waals surface area contributed by atoms with E-state index in [0.29, 0.717) is 38.1 Å². The lowest BCUT2D eigenvalue weighted by atomic mass is 9.94. The monoisotopic (exact) mass is 445 g/mol. The number of para-hydroxylation sites is 1. The number of thiazole rings is 1. The number of aliphatic hydroxyl groups is 1. The molecule has 4 rings (SSSR count). The van der Waals surface area contributed by atoms with E-state index < -0.39 is 23.5 Å². The SMILES string of the molecule is COc1ccccc1C1C(C(=O)c2sc(C)nc2C)=C(O)C(=O)N1c1ccc(C#N)cc1. The van der Waals surface area contributed by atoms with Gasteiger partial charge in [-0.3, -0.25) is 14.5 Å². The number of ether oxygens (including phenoxy) is 1. The third kappa shape index (κ3) is 3.43. The molecule has 1 atom stereocenters. The fourth-order valence-corrected chi connectivity index (χ4v) is 4.72. The van der Waals surface area contributed by atoms with Crippen molar-refractivity contribution in [3.8, 4) is 11.8 Å². The Bertz CT molecular complexity index is 1300. The van der Waals surface area contributed by atoms with E-state index in [1.165, 1.54) is 23.3 Å². The van der Waals surface area contributed by atoms with Crippen molar-refractivity contribution < 1.29 is 19.4 Å². The first-order valence-corrected chi connectivity index (χ1v) is 10.6. The summed E-state index contributed by atoms with van der Waals surface area (Å²) < 4.78 is 5.50. The molecule has 0 radical (unpaired) electrons. The van der Waals surface area contributed by atoms with Gasteiger partial charge in [0.15, 0.2) is 5.76 Å². The quantitative estimate of drug-likeness (QED) is 0.583. The van der Waals surface area contributed by atoms with Crippen molar-refractivity contribution in [3.63, 3.8) is 0 Å². The minimum Gasteiger partial charge on any atom is -0.503 e. The van der Waals surface area contributed by atoms with Crippen LogP contribution in [0.2, 0.25) is 0 Å². The number of Topliss-reactive ketones (excluding diaryl/α,β-unsaturated/α-hetero) is 1. The number of nitrogens with zero attached hydrogens (tertiary/aromatic N) is 3. The summed E-state index contributed by atoms with van der Waals surface area (Å²) in [5.74, 6) is -1.29. The number of anilines is 1. The van der Waals surface area contributed by atoms with Crippen molar-refractivity contribution in [1.29, 1.82) is 5.26 Å². The van der Waals surface area contributed by atoms with Crippen molar-refractivity contribution in [1.82, 2.24) is 4.98 Å². The third-order valence-electron chi connectivity index (χ3n) is 5.27. The molecule has 160 valence electrons. The van der Waals surface area contributed by atoms with E-state index in [0.717, 1.165) is 0 Å². The molecule has 3 aromatic rings. The molecule has 0 spiro atoms. The van der Waals surface area contributed by atoms with Crippen molar-refractivity contribution in [2.45, 2.75) is 19.9 Å². The Labute approximate surface area is 188 Å². The summed E-state index contributed by atoms with van der Waals surface area (Å²) in [4.78, 5) is 32.9. The van der Waals surface area contributed by atoms with E-state index in [2.05, 4.69) is 4.98 Å². The maximum absolute atomic E-state index is 13.6. The number of benzene rings is 2. The lowest BCUT2D eigenvalue weighted by Crippen LogP contribution is -2.31. The zero-order valence-electron chi connectivity index (χ0n) is 17.6. The van der Waals surface area contributed by atoms with E-state index >= 15 is 0 Å². The van der Waals surface area contributed by atoms with Gasteiger partial charge in [0, 0.05) is 11.3 Å². The smallest absolute Gasteiger partial charge is 0.294 e. The Hall–Kier alpha value is -3.96. The van der Waals surface area contributed by atoms with Crippen LogP contribution in [0.3, 0.4) is 0 Å². The highest BCUT2D eigenvalue weighted by Gasteiger charge is 2.46. The van der Waals surface area contributed by atoms with Crippen LogP contribution >= 0.6 is 11.3 Å². The molecule has 1 unspecified atom stereocenters. The Morgan fingerprint density at radius 3 is 2.47 bits per heavy atom. The van der Waals surface area contributed by atoms with Crippen LogP contribution in [0, 0.1) is 25.2 Å². The fraction of sp³-hybridized carbons (Fsp3) is 0.167. The van der Waals surface area contributed by atoms with E-state index in [9.17, 15) is 14.7 Å². The van der Waals surface area contributed by atoms with Gasteiger partial charge < -0.3 is 9.84 Å². The molecule has 1 aliphatic heterocycles. The van der Waals surface area contributed by atoms with Crippen LogP contribution in [0.1, 0.15) is 37.5 Å². The zero-order valence-corrected chi connectivity index (χ0v) is 18.4. The van der Waals surface area contributed by atoms with Gasteiger partial charge in [-0.2, -0.15) is 5.26 Å². The van der Waals surface area contributed by atoms with Crippen LogP contribution in [0.5, 0.6) is 5.75 Å². The second-order valence-electron chi connectivity index (χ2n) is 7.22. The number of carbonyl (C=O) groups excluding carboxylic acids is 2. The van der Waals surface area contributed by atoms with E-state index in [1.54, 1.807) is 62.4 Å². The second kappa shape index (κ2) is 8.29. The van der Waals surface area contributed by atoms with Crippen LogP contribution in [-0.4, -0.2) is 28.9 Å². The first-order chi connectivity index (χ1) is 15.4. The molecule has 0 bridgehead atoms. The molecule has 1 aromatic heterocycles. The minimum absolute atomic E-state index is 0.0318. The molecule has 0 saturated heterocycles. The Kier molecular flexibility index (Phi) is 5.51. The van der Waals surface area contributed by atoms with Crippen LogP contribution in [0.4, 0.5) is 5.69 Å². The van der Waals surface area contributed by atoms with Crippen molar-refractivity contribution in [3.05, 3.63) is 86.6 Å². The average Bonchev–Trinajstić information content (AvgIpc) is 3.28. The Morgan fingerprint density at radius 2 is 1.88 bits per heavy atom. The standard InChI is InChI=1S/C24H19N3O4S/c1-13-23(32-14(2)26-13)21(28)19-20(17-6-4-5-7-18(17)31-3)27(24(30)22(19)29)16-10-8-15(12-25)9-11-16/h4-11,20,29H,1-3H3. The molecule has 32 heavy (non-hydrogen) atoms. The molecule has 0 saturated carbocycles. The highest BCUT2D eigenvalue weighted by Crippen LogP contribution is 2.45. The second-order valence-corrected chi connectivity index (χ2v) is 8.42. The number of amides is 1. The van der Waals surface area contributed by atoms with E-state index in [4.69, 9.17) is 10.00 Å². The van der Waals surface area contributed by atoms with Gasteiger partial charge in [0.1, 0.15) is 5.75 Å². The van der Waals surface area contributed by atoms with Crippen LogP contribution in [0.25, 0.3) is 0 Å². The average molecular weight is 446 g/mol. The number of hydrogen-bond acceptors (Lipinski definition) is 7. The summed E-state index contributed by atoms with van der Waals surface area (Å²) in [6.07, 6.45) is 0. The Balaban J connectivity index is 1.92. The normalized spacial score (nSPS) is 15.8. The van der Waals surface area contributed by atoms with Gasteiger partial charge in [-0.05, 0) is 44.2 Å². The molecule has 0 fully saturated rings. The lowest BCUT2D eigenvalue weighted by Gasteiger charge is -2.28. The summed E-state index contributed by atoms with van der Waals surface area (Å²) in [6, 6.07) is 14.6. The van der Waals surface area contributed by atoms with E-state index in [1.807, 2.05) is 6.07 Å². The van der Waals surface area contributed by atoms with Gasteiger partial charge in [-0.15, -0.1) is 11.3 Å². The Morgan fingerprint density at radius 1 is 1.19 bits per heavy atom. The number of carbonyl (C=O) groups is 2. The first kappa shape index (κ1) is 21.3. The molecule has 2 heterocycles. The third-order valence-corrected chi connectivity index (χ3v) is 6.34. The summed E-state index contributed by atoms with van der Waals surface area (Å²) in [5, 5.41) is 20.7. The fourth-order valence-electron chi connectivity index (χ4n) is 3.85. The largest absolute Gasteiger partial charge is 0.503 e. The predicted molar refractivity (Wildman–Crippen MR) is 120 cm³/mol. The first-order valence-electron chi connectivity index (χ1n) is 9.75. The van der Waals surface area contributed by atoms with Crippen molar-refractivity contribution >= 4 is 28.7 Å². The maximum Gasteiger partial charge on any atom is 0.294 e. The molecule has 1 aliphatic rings. The number of nitriles is 1. The number of ketones is 1. The summed E-state index contributed by atoms with van der Waals surface area (Å²) in [5.41, 5.74) is 1.94. The van der Waals surface area contributed by atoms with Crippen LogP contribution in [0.15, 0.2) is 59.9 Å².